The highest BCUT2D eigenvalue weighted by molar-refractivity contribution is 7.90. The molecule has 0 aliphatic carbocycles. The smallest absolute Gasteiger partial charge is 0.228 e. The number of sulfone groups is 1. The summed E-state index contributed by atoms with van der Waals surface area (Å²) >= 11 is 0. The van der Waals surface area contributed by atoms with E-state index in [1.165, 1.54) is 12.5 Å². The number of rotatable bonds is 4. The molecule has 0 unspecified atom stereocenters. The van der Waals surface area contributed by atoms with Crippen molar-refractivity contribution in [3.63, 3.8) is 0 Å². The SMILES string of the molecule is CS(=O)(=O)c1cc(F)c(-n2ncc3c(OC4CCNCC4)ncnc32)cc1F. The van der Waals surface area contributed by atoms with E-state index in [1.807, 2.05) is 0 Å². The maximum Gasteiger partial charge on any atom is 0.228 e. The highest BCUT2D eigenvalue weighted by Crippen LogP contribution is 2.28. The van der Waals surface area contributed by atoms with Crippen LogP contribution in [-0.4, -0.2) is 53.6 Å². The van der Waals surface area contributed by atoms with Crippen LogP contribution >= 0.6 is 0 Å². The van der Waals surface area contributed by atoms with E-state index in [4.69, 9.17) is 4.74 Å². The Morgan fingerprint density at radius 3 is 2.64 bits per heavy atom. The number of ether oxygens (including phenoxy) is 1. The molecule has 1 fully saturated rings. The molecule has 0 radical (unpaired) electrons. The Morgan fingerprint density at radius 2 is 1.93 bits per heavy atom. The van der Waals surface area contributed by atoms with Crippen LogP contribution in [0.4, 0.5) is 8.78 Å². The summed E-state index contributed by atoms with van der Waals surface area (Å²) in [6.45, 7) is 1.69. The lowest BCUT2D eigenvalue weighted by Crippen LogP contribution is -2.34. The zero-order valence-corrected chi connectivity index (χ0v) is 15.7. The van der Waals surface area contributed by atoms with Crippen LogP contribution < -0.4 is 10.1 Å². The second-order valence-electron chi connectivity index (χ2n) is 6.55. The zero-order valence-electron chi connectivity index (χ0n) is 14.9. The van der Waals surface area contributed by atoms with E-state index in [0.717, 1.165) is 42.9 Å². The number of halogens is 2. The standard InChI is InChI=1S/C17H17F2N5O3S/c1-28(25,26)15-7-12(18)14(6-13(15)19)24-16-11(8-23-24)17(22-9-21-16)27-10-2-4-20-5-3-10/h6-10,20H,2-5H2,1H3. The van der Waals surface area contributed by atoms with E-state index in [2.05, 4.69) is 20.4 Å². The Labute approximate surface area is 159 Å². The van der Waals surface area contributed by atoms with Crippen LogP contribution in [0.1, 0.15) is 12.8 Å². The molecule has 28 heavy (non-hydrogen) atoms. The first kappa shape index (κ1) is 18.7. The third kappa shape index (κ3) is 3.42. The van der Waals surface area contributed by atoms with Crippen molar-refractivity contribution in [1.82, 2.24) is 25.1 Å². The minimum absolute atomic E-state index is 0.00840. The maximum absolute atomic E-state index is 14.6. The van der Waals surface area contributed by atoms with Gasteiger partial charge in [-0.05, 0) is 32.0 Å². The van der Waals surface area contributed by atoms with Gasteiger partial charge in [0.25, 0.3) is 0 Å². The fraction of sp³-hybridized carbons (Fsp3) is 0.353. The van der Waals surface area contributed by atoms with Crippen LogP contribution in [0.25, 0.3) is 16.7 Å². The van der Waals surface area contributed by atoms with Crippen molar-refractivity contribution < 1.29 is 21.9 Å². The second-order valence-corrected chi connectivity index (χ2v) is 8.53. The molecular formula is C17H17F2N5O3S. The molecule has 1 aliphatic rings. The zero-order chi connectivity index (χ0) is 19.9. The Balaban J connectivity index is 1.76. The van der Waals surface area contributed by atoms with E-state index >= 15 is 0 Å². The van der Waals surface area contributed by atoms with Crippen LogP contribution in [0.3, 0.4) is 0 Å². The quantitative estimate of drug-likeness (QED) is 0.699. The summed E-state index contributed by atoms with van der Waals surface area (Å²) < 4.78 is 59.0. The van der Waals surface area contributed by atoms with Gasteiger partial charge in [-0.2, -0.15) is 5.10 Å². The van der Waals surface area contributed by atoms with Crippen LogP contribution in [0.5, 0.6) is 5.88 Å². The molecule has 3 aromatic rings. The summed E-state index contributed by atoms with van der Waals surface area (Å²) in [5, 5.41) is 7.77. The van der Waals surface area contributed by atoms with Crippen LogP contribution in [0.15, 0.2) is 29.6 Å². The van der Waals surface area contributed by atoms with Gasteiger partial charge < -0.3 is 10.1 Å². The number of nitrogens with one attached hydrogen (secondary N) is 1. The highest BCUT2D eigenvalue weighted by Gasteiger charge is 2.22. The average molecular weight is 409 g/mol. The molecular weight excluding hydrogens is 392 g/mol. The molecule has 8 nitrogen and oxygen atoms in total. The Morgan fingerprint density at radius 1 is 1.18 bits per heavy atom. The monoisotopic (exact) mass is 409 g/mol. The number of aromatic nitrogens is 4. The molecule has 0 saturated carbocycles. The van der Waals surface area contributed by atoms with Crippen LogP contribution in [0, 0.1) is 11.6 Å². The molecule has 2 aromatic heterocycles. The molecule has 11 heteroatoms. The van der Waals surface area contributed by atoms with Gasteiger partial charge in [-0.3, -0.25) is 0 Å². The van der Waals surface area contributed by atoms with Gasteiger partial charge >= 0.3 is 0 Å². The van der Waals surface area contributed by atoms with Crippen molar-refractivity contribution in [2.24, 2.45) is 0 Å². The topological polar surface area (TPSA) is 99.0 Å². The molecule has 4 rings (SSSR count). The summed E-state index contributed by atoms with van der Waals surface area (Å²) in [4.78, 5) is 7.53. The van der Waals surface area contributed by atoms with E-state index in [1.54, 1.807) is 0 Å². The van der Waals surface area contributed by atoms with Gasteiger partial charge in [-0.1, -0.05) is 0 Å². The minimum Gasteiger partial charge on any atom is -0.474 e. The first-order valence-electron chi connectivity index (χ1n) is 8.60. The molecule has 1 aromatic carbocycles. The van der Waals surface area contributed by atoms with Crippen molar-refractivity contribution in [3.05, 3.63) is 36.3 Å². The van der Waals surface area contributed by atoms with Gasteiger partial charge in [-0.25, -0.2) is 31.8 Å². The number of hydrogen-bond donors (Lipinski definition) is 1. The Bertz CT molecular complexity index is 1140. The summed E-state index contributed by atoms with van der Waals surface area (Å²) in [7, 11) is -3.90. The molecule has 0 atom stereocenters. The predicted molar refractivity (Wildman–Crippen MR) is 96.2 cm³/mol. The highest BCUT2D eigenvalue weighted by atomic mass is 32.2. The first-order chi connectivity index (χ1) is 13.3. The van der Waals surface area contributed by atoms with Gasteiger partial charge in [0.15, 0.2) is 15.5 Å². The van der Waals surface area contributed by atoms with Gasteiger partial charge in [0.05, 0.1) is 6.20 Å². The third-order valence-electron chi connectivity index (χ3n) is 4.52. The first-order valence-corrected chi connectivity index (χ1v) is 10.5. The normalized spacial score (nSPS) is 15.8. The molecule has 1 N–H and O–H groups in total. The van der Waals surface area contributed by atoms with Crippen LogP contribution in [0.2, 0.25) is 0 Å². The van der Waals surface area contributed by atoms with Gasteiger partial charge in [-0.15, -0.1) is 0 Å². The lowest BCUT2D eigenvalue weighted by atomic mass is 10.1. The fourth-order valence-corrected chi connectivity index (χ4v) is 3.86. The van der Waals surface area contributed by atoms with E-state index in [0.29, 0.717) is 17.3 Å². The number of hydrogen-bond acceptors (Lipinski definition) is 7. The predicted octanol–water partition coefficient (Wildman–Crippen LogP) is 1.63. The van der Waals surface area contributed by atoms with Crippen molar-refractivity contribution in [1.29, 1.82) is 0 Å². The van der Waals surface area contributed by atoms with Crippen molar-refractivity contribution in [3.8, 4) is 11.6 Å². The number of benzene rings is 1. The van der Waals surface area contributed by atoms with Crippen molar-refractivity contribution >= 4 is 20.9 Å². The number of nitrogens with zero attached hydrogens (tertiary/aromatic N) is 4. The van der Waals surface area contributed by atoms with Crippen LogP contribution in [-0.2, 0) is 9.84 Å². The molecule has 1 aliphatic heterocycles. The molecule has 1 saturated heterocycles. The fourth-order valence-electron chi connectivity index (χ4n) is 3.13. The Hall–Kier alpha value is -2.66. The third-order valence-corrected chi connectivity index (χ3v) is 5.63. The Kier molecular flexibility index (Phi) is 4.71. The van der Waals surface area contributed by atoms with Gasteiger partial charge in [0, 0.05) is 12.3 Å². The molecule has 3 heterocycles. The van der Waals surface area contributed by atoms with E-state index in [-0.39, 0.29) is 17.4 Å². The largest absolute Gasteiger partial charge is 0.474 e. The summed E-state index contributed by atoms with van der Waals surface area (Å²) in [6, 6.07) is 1.43. The van der Waals surface area contributed by atoms with Gasteiger partial charge in [0.2, 0.25) is 5.88 Å². The lowest BCUT2D eigenvalue weighted by Gasteiger charge is -2.23. The maximum atomic E-state index is 14.6. The molecule has 0 bridgehead atoms. The molecule has 148 valence electrons. The van der Waals surface area contributed by atoms with E-state index < -0.39 is 26.4 Å². The number of piperidine rings is 1. The minimum atomic E-state index is -3.90. The lowest BCUT2D eigenvalue weighted by molar-refractivity contribution is 0.158. The molecule has 0 spiro atoms. The average Bonchev–Trinajstić information content (AvgIpc) is 3.08. The van der Waals surface area contributed by atoms with Gasteiger partial charge in [0.1, 0.15) is 40.0 Å². The number of fused-ring (bicyclic) bond motifs is 1. The summed E-state index contributed by atoms with van der Waals surface area (Å²) in [5.74, 6) is -1.69. The van der Waals surface area contributed by atoms with Crippen molar-refractivity contribution in [2.75, 3.05) is 19.3 Å². The molecule has 0 amide bonds. The second kappa shape index (κ2) is 7.06. The van der Waals surface area contributed by atoms with Crippen molar-refractivity contribution in [2.45, 2.75) is 23.8 Å². The summed E-state index contributed by atoms with van der Waals surface area (Å²) in [5.41, 5.74) is -0.0317. The van der Waals surface area contributed by atoms with E-state index in [9.17, 15) is 17.2 Å². The summed E-state index contributed by atoms with van der Waals surface area (Å²) in [6.07, 6.45) is 5.12.